The molecule has 0 saturated heterocycles. The third-order valence-electron chi connectivity index (χ3n) is 2.69. The van der Waals surface area contributed by atoms with Gasteiger partial charge in [0.05, 0.1) is 6.54 Å². The largest absolute Gasteiger partial charge is 0.359 e. The molecule has 0 unspecified atom stereocenters. The predicted octanol–water partition coefficient (Wildman–Crippen LogP) is 1.94. The maximum atomic E-state index is 4.52. The van der Waals surface area contributed by atoms with Crippen molar-refractivity contribution in [3.05, 3.63) is 40.5 Å². The van der Waals surface area contributed by atoms with Gasteiger partial charge in [-0.15, -0.1) is 11.3 Å². The second-order valence-electron chi connectivity index (χ2n) is 4.11. The van der Waals surface area contributed by atoms with Gasteiger partial charge < -0.3 is 10.2 Å². The van der Waals surface area contributed by atoms with Gasteiger partial charge in [-0.3, -0.25) is 0 Å². The minimum Gasteiger partial charge on any atom is -0.359 e. The molecule has 0 amide bonds. The number of aromatic nitrogens is 2. The van der Waals surface area contributed by atoms with E-state index in [9.17, 15) is 0 Å². The SMILES string of the molecule is CNCc1nccc(N(C)CCc2cccs2)n1. The van der Waals surface area contributed by atoms with Crippen LogP contribution in [-0.2, 0) is 13.0 Å². The molecule has 2 aromatic heterocycles. The van der Waals surface area contributed by atoms with Crippen LogP contribution < -0.4 is 10.2 Å². The Morgan fingerprint density at radius 1 is 1.39 bits per heavy atom. The molecule has 0 aromatic carbocycles. The van der Waals surface area contributed by atoms with Gasteiger partial charge in [-0.1, -0.05) is 6.07 Å². The number of anilines is 1. The third kappa shape index (κ3) is 3.51. The molecule has 0 atom stereocenters. The average molecular weight is 262 g/mol. The van der Waals surface area contributed by atoms with Crippen LogP contribution in [-0.4, -0.2) is 30.6 Å². The Hall–Kier alpha value is -1.46. The first kappa shape index (κ1) is 13.0. The summed E-state index contributed by atoms with van der Waals surface area (Å²) in [6, 6.07) is 6.22. The lowest BCUT2D eigenvalue weighted by molar-refractivity contribution is 0.750. The summed E-state index contributed by atoms with van der Waals surface area (Å²) in [5, 5.41) is 5.18. The molecule has 5 heteroatoms. The van der Waals surface area contributed by atoms with E-state index >= 15 is 0 Å². The van der Waals surface area contributed by atoms with Crippen molar-refractivity contribution < 1.29 is 0 Å². The fraction of sp³-hybridized carbons (Fsp3) is 0.385. The standard InChI is InChI=1S/C13H18N4S/c1-14-10-12-15-7-5-13(16-12)17(2)8-6-11-4-3-9-18-11/h3-5,7,9,14H,6,8,10H2,1-2H3. The summed E-state index contributed by atoms with van der Waals surface area (Å²) in [6.07, 6.45) is 2.87. The lowest BCUT2D eigenvalue weighted by Crippen LogP contribution is -2.22. The smallest absolute Gasteiger partial charge is 0.144 e. The van der Waals surface area contributed by atoms with Crippen LogP contribution in [0.4, 0.5) is 5.82 Å². The van der Waals surface area contributed by atoms with Crippen LogP contribution in [0.1, 0.15) is 10.7 Å². The van der Waals surface area contributed by atoms with Gasteiger partial charge in [-0.05, 0) is 31.0 Å². The van der Waals surface area contributed by atoms with Crippen molar-refractivity contribution in [3.8, 4) is 0 Å². The lowest BCUT2D eigenvalue weighted by atomic mass is 10.3. The average Bonchev–Trinajstić information content (AvgIpc) is 2.90. The molecule has 0 bridgehead atoms. The van der Waals surface area contributed by atoms with Crippen molar-refractivity contribution in [1.29, 1.82) is 0 Å². The minimum absolute atomic E-state index is 0.701. The third-order valence-corrected chi connectivity index (χ3v) is 3.63. The van der Waals surface area contributed by atoms with E-state index in [1.807, 2.05) is 19.3 Å². The molecule has 0 radical (unpaired) electrons. The first-order valence-electron chi connectivity index (χ1n) is 5.99. The normalized spacial score (nSPS) is 10.6. The van der Waals surface area contributed by atoms with Crippen LogP contribution in [0, 0.1) is 0 Å². The summed E-state index contributed by atoms with van der Waals surface area (Å²) in [5.41, 5.74) is 0. The van der Waals surface area contributed by atoms with Crippen LogP contribution in [0.15, 0.2) is 29.8 Å². The van der Waals surface area contributed by atoms with Crippen molar-refractivity contribution in [1.82, 2.24) is 15.3 Å². The van der Waals surface area contributed by atoms with E-state index in [4.69, 9.17) is 0 Å². The van der Waals surface area contributed by atoms with Crippen LogP contribution >= 0.6 is 11.3 Å². The Kier molecular flexibility index (Phi) is 4.66. The van der Waals surface area contributed by atoms with Crippen molar-refractivity contribution >= 4 is 17.2 Å². The summed E-state index contributed by atoms with van der Waals surface area (Å²) < 4.78 is 0. The molecular formula is C13H18N4S. The zero-order valence-corrected chi connectivity index (χ0v) is 11.6. The zero-order chi connectivity index (χ0) is 12.8. The Morgan fingerprint density at radius 3 is 3.00 bits per heavy atom. The van der Waals surface area contributed by atoms with E-state index in [-0.39, 0.29) is 0 Å². The molecule has 0 aliphatic carbocycles. The molecule has 0 fully saturated rings. The molecule has 96 valence electrons. The van der Waals surface area contributed by atoms with Gasteiger partial charge in [0.2, 0.25) is 0 Å². The quantitative estimate of drug-likeness (QED) is 0.864. The van der Waals surface area contributed by atoms with Gasteiger partial charge in [-0.25, -0.2) is 9.97 Å². The minimum atomic E-state index is 0.701. The zero-order valence-electron chi connectivity index (χ0n) is 10.8. The van der Waals surface area contributed by atoms with Crippen molar-refractivity contribution in [2.75, 3.05) is 25.5 Å². The molecule has 4 nitrogen and oxygen atoms in total. The molecule has 0 spiro atoms. The Labute approximate surface area is 112 Å². The highest BCUT2D eigenvalue weighted by molar-refractivity contribution is 7.09. The van der Waals surface area contributed by atoms with Gasteiger partial charge in [0.15, 0.2) is 0 Å². The molecule has 18 heavy (non-hydrogen) atoms. The first-order chi connectivity index (χ1) is 8.79. The van der Waals surface area contributed by atoms with E-state index < -0.39 is 0 Å². The van der Waals surface area contributed by atoms with Gasteiger partial charge >= 0.3 is 0 Å². The highest BCUT2D eigenvalue weighted by atomic mass is 32.1. The topological polar surface area (TPSA) is 41.1 Å². The lowest BCUT2D eigenvalue weighted by Gasteiger charge is -2.18. The predicted molar refractivity (Wildman–Crippen MR) is 76.1 cm³/mol. The van der Waals surface area contributed by atoms with E-state index in [0.717, 1.165) is 24.6 Å². The van der Waals surface area contributed by atoms with Crippen molar-refractivity contribution in [2.45, 2.75) is 13.0 Å². The van der Waals surface area contributed by atoms with Crippen LogP contribution in [0.3, 0.4) is 0 Å². The van der Waals surface area contributed by atoms with Crippen molar-refractivity contribution in [2.24, 2.45) is 0 Å². The van der Waals surface area contributed by atoms with Gasteiger partial charge in [-0.2, -0.15) is 0 Å². The molecule has 0 saturated carbocycles. The number of nitrogens with zero attached hydrogens (tertiary/aromatic N) is 3. The Morgan fingerprint density at radius 2 is 2.28 bits per heavy atom. The molecule has 0 aliphatic heterocycles. The Balaban J connectivity index is 1.95. The summed E-state index contributed by atoms with van der Waals surface area (Å²) >= 11 is 1.80. The number of nitrogens with one attached hydrogen (secondary N) is 1. The van der Waals surface area contributed by atoms with E-state index in [0.29, 0.717) is 6.54 Å². The van der Waals surface area contributed by atoms with Gasteiger partial charge in [0, 0.05) is 24.7 Å². The monoisotopic (exact) mass is 262 g/mol. The maximum Gasteiger partial charge on any atom is 0.144 e. The molecule has 2 rings (SSSR count). The highest BCUT2D eigenvalue weighted by Gasteiger charge is 2.05. The summed E-state index contributed by atoms with van der Waals surface area (Å²) in [6.45, 7) is 1.67. The summed E-state index contributed by atoms with van der Waals surface area (Å²) in [4.78, 5) is 12.3. The number of thiophene rings is 1. The summed E-state index contributed by atoms with van der Waals surface area (Å²) in [5.74, 6) is 1.81. The number of hydrogen-bond acceptors (Lipinski definition) is 5. The van der Waals surface area contributed by atoms with Crippen LogP contribution in [0.2, 0.25) is 0 Å². The Bertz CT molecular complexity index is 470. The van der Waals surface area contributed by atoms with Gasteiger partial charge in [0.1, 0.15) is 11.6 Å². The molecule has 2 aromatic rings. The number of hydrogen-bond donors (Lipinski definition) is 1. The fourth-order valence-corrected chi connectivity index (χ4v) is 2.39. The van der Waals surface area contributed by atoms with Crippen molar-refractivity contribution in [3.63, 3.8) is 0 Å². The van der Waals surface area contributed by atoms with E-state index in [1.165, 1.54) is 4.88 Å². The second-order valence-corrected chi connectivity index (χ2v) is 5.14. The fourth-order valence-electron chi connectivity index (χ4n) is 1.69. The number of likely N-dealkylation sites (N-methyl/N-ethyl adjacent to an activating group) is 1. The second kappa shape index (κ2) is 6.47. The first-order valence-corrected chi connectivity index (χ1v) is 6.87. The van der Waals surface area contributed by atoms with Crippen LogP contribution in [0.25, 0.3) is 0 Å². The highest BCUT2D eigenvalue weighted by Crippen LogP contribution is 2.12. The number of rotatable bonds is 6. The van der Waals surface area contributed by atoms with Crippen LogP contribution in [0.5, 0.6) is 0 Å². The van der Waals surface area contributed by atoms with E-state index in [2.05, 4.69) is 44.7 Å². The molecule has 2 heterocycles. The van der Waals surface area contributed by atoms with E-state index in [1.54, 1.807) is 11.3 Å². The molecule has 0 aliphatic rings. The molecular weight excluding hydrogens is 244 g/mol. The summed E-state index contributed by atoms with van der Waals surface area (Å²) in [7, 11) is 3.97. The van der Waals surface area contributed by atoms with Gasteiger partial charge in [0.25, 0.3) is 0 Å². The maximum absolute atomic E-state index is 4.52. The molecule has 1 N–H and O–H groups in total.